The lowest BCUT2D eigenvalue weighted by Gasteiger charge is -2.32. The van der Waals surface area contributed by atoms with E-state index in [1.54, 1.807) is 4.90 Å². The normalized spacial score (nSPS) is 10.9. The molecule has 230 valence electrons. The van der Waals surface area contributed by atoms with Gasteiger partial charge in [-0.1, -0.05) is 0 Å². The van der Waals surface area contributed by atoms with Crippen LogP contribution in [0.15, 0.2) is 69.4 Å². The van der Waals surface area contributed by atoms with Crippen molar-refractivity contribution < 1.29 is 29.7 Å². The monoisotopic (exact) mass is 599 g/mol. The Bertz CT molecular complexity index is 1470. The third kappa shape index (κ3) is 7.68. The van der Waals surface area contributed by atoms with Crippen LogP contribution in [0.5, 0.6) is 17.2 Å². The number of carbonyl (C=O) groups excluding carboxylic acids is 3. The zero-order chi connectivity index (χ0) is 31.8. The highest BCUT2D eigenvalue weighted by molar-refractivity contribution is 5.84. The largest absolute Gasteiger partial charge is 0.503 e. The van der Waals surface area contributed by atoms with Crippen LogP contribution in [0.2, 0.25) is 0 Å². The summed E-state index contributed by atoms with van der Waals surface area (Å²) < 4.78 is 2.87. The molecule has 0 fully saturated rings. The first-order chi connectivity index (χ1) is 20.3. The number of rotatable bonds is 12. The molecule has 3 amide bonds. The number of amides is 3. The zero-order valence-electron chi connectivity index (χ0n) is 23.9. The number of hydrogen-bond donors (Lipinski definition) is 3. The average Bonchev–Trinajstić information content (AvgIpc) is 2.94. The number of aromatic nitrogens is 3. The van der Waals surface area contributed by atoms with Crippen molar-refractivity contribution in [1.82, 2.24) is 18.9 Å². The average molecular weight is 600 g/mol. The Balaban J connectivity index is 1.90. The highest BCUT2D eigenvalue weighted by Gasteiger charge is 2.21. The van der Waals surface area contributed by atoms with Crippen LogP contribution in [0, 0.1) is 0 Å². The molecule has 0 aliphatic rings. The lowest BCUT2D eigenvalue weighted by atomic mass is 10.3. The molecule has 0 aromatic carbocycles. The fourth-order valence-electron chi connectivity index (χ4n) is 4.28. The molecule has 0 bridgehead atoms. The molecule has 3 N–H and O–H groups in total. The summed E-state index contributed by atoms with van der Waals surface area (Å²) in [5.74, 6) is -3.23. The molecule has 0 unspecified atom stereocenters. The Labute approximate surface area is 245 Å². The van der Waals surface area contributed by atoms with E-state index in [0.717, 1.165) is 29.1 Å². The van der Waals surface area contributed by atoms with E-state index in [0.29, 0.717) is 0 Å². The van der Waals surface area contributed by atoms with Crippen molar-refractivity contribution in [3.05, 3.63) is 86.1 Å². The van der Waals surface area contributed by atoms with Crippen LogP contribution in [0.3, 0.4) is 0 Å². The third-order valence-electron chi connectivity index (χ3n) is 6.48. The number of pyridine rings is 3. The van der Waals surface area contributed by atoms with Gasteiger partial charge < -0.3 is 15.3 Å². The smallest absolute Gasteiger partial charge is 0.311 e. The first-order valence-electron chi connectivity index (χ1n) is 13.1. The molecule has 0 saturated heterocycles. The predicted molar refractivity (Wildman–Crippen MR) is 155 cm³/mol. The summed E-state index contributed by atoms with van der Waals surface area (Å²) in [4.78, 5) is 76.6. The van der Waals surface area contributed by atoms with Crippen LogP contribution in [0.1, 0.15) is 20.8 Å². The number of hydrogen-bond acceptors (Lipinski definition) is 10. The van der Waals surface area contributed by atoms with Gasteiger partial charge in [0.05, 0.1) is 19.6 Å². The summed E-state index contributed by atoms with van der Waals surface area (Å²) in [6.45, 7) is 3.70. The summed E-state index contributed by atoms with van der Waals surface area (Å²) in [7, 11) is 0. The first kappa shape index (κ1) is 32.1. The molecular formula is C27H33N7O9. The molecule has 3 heterocycles. The maximum atomic E-state index is 12.5. The first-order valence-corrected chi connectivity index (χ1v) is 13.1. The molecule has 0 radical (unpaired) electrons. The maximum absolute atomic E-state index is 12.5. The summed E-state index contributed by atoms with van der Waals surface area (Å²) in [5, 5.41) is 32.9. The van der Waals surface area contributed by atoms with Crippen molar-refractivity contribution >= 4 is 17.7 Å². The van der Waals surface area contributed by atoms with Gasteiger partial charge >= 0.3 is 16.7 Å². The van der Waals surface area contributed by atoms with E-state index in [4.69, 9.17) is 0 Å². The molecule has 43 heavy (non-hydrogen) atoms. The molecule has 3 aromatic heterocycles. The summed E-state index contributed by atoms with van der Waals surface area (Å²) in [6, 6.07) is 7.72. The zero-order valence-corrected chi connectivity index (χ0v) is 23.9. The van der Waals surface area contributed by atoms with Gasteiger partial charge in [0.2, 0.25) is 17.7 Å². The summed E-state index contributed by atoms with van der Waals surface area (Å²) in [5.41, 5.74) is -2.45. The lowest BCUT2D eigenvalue weighted by Crippen LogP contribution is -2.53. The van der Waals surface area contributed by atoms with E-state index >= 15 is 0 Å². The molecule has 16 nitrogen and oxygen atoms in total. The predicted octanol–water partition coefficient (Wildman–Crippen LogP) is -1.56. The van der Waals surface area contributed by atoms with Gasteiger partial charge in [-0.25, -0.2) is 29.1 Å². The maximum Gasteiger partial charge on any atom is 0.311 e. The molecule has 0 aliphatic carbocycles. The van der Waals surface area contributed by atoms with Crippen LogP contribution in [0.4, 0.5) is 0 Å². The highest BCUT2D eigenvalue weighted by atomic mass is 16.3. The number of nitrogens with zero attached hydrogens (tertiary/aromatic N) is 7. The van der Waals surface area contributed by atoms with Gasteiger partial charge in [0, 0.05) is 59.0 Å². The van der Waals surface area contributed by atoms with Gasteiger partial charge in [-0.3, -0.25) is 33.7 Å². The Morgan fingerprint density at radius 3 is 1.02 bits per heavy atom. The second-order valence-corrected chi connectivity index (χ2v) is 9.40. The van der Waals surface area contributed by atoms with E-state index in [-0.39, 0.29) is 39.3 Å². The lowest BCUT2D eigenvalue weighted by molar-refractivity contribution is -0.118. The molecule has 0 atom stereocenters. The Morgan fingerprint density at radius 2 is 0.791 bits per heavy atom. The second-order valence-electron chi connectivity index (χ2n) is 9.40. The third-order valence-corrected chi connectivity index (χ3v) is 6.48. The van der Waals surface area contributed by atoms with Crippen molar-refractivity contribution in [2.75, 3.05) is 54.3 Å². The molecule has 3 aromatic rings. The summed E-state index contributed by atoms with van der Waals surface area (Å²) >= 11 is 0. The molecule has 0 aliphatic heterocycles. The van der Waals surface area contributed by atoms with E-state index < -0.39 is 51.6 Å². The SMILES string of the molecule is CC(=O)N(CCN(CCN(C(C)=O)n1cccc(O)c1=O)CCN(C(C)=O)n1cccc(O)c1=O)n1cccc(O)c1=O. The fourth-order valence-corrected chi connectivity index (χ4v) is 4.28. The van der Waals surface area contributed by atoms with Crippen molar-refractivity contribution in [3.8, 4) is 17.2 Å². The van der Waals surface area contributed by atoms with E-state index in [1.807, 2.05) is 0 Å². The molecule has 0 saturated carbocycles. The van der Waals surface area contributed by atoms with Crippen molar-refractivity contribution in [2.45, 2.75) is 20.8 Å². The van der Waals surface area contributed by atoms with Crippen molar-refractivity contribution in [3.63, 3.8) is 0 Å². The molecule has 0 spiro atoms. The number of carbonyl (C=O) groups is 3. The van der Waals surface area contributed by atoms with E-state index in [2.05, 4.69) is 0 Å². The van der Waals surface area contributed by atoms with Gasteiger partial charge in [0.25, 0.3) is 0 Å². The van der Waals surface area contributed by atoms with Gasteiger partial charge in [0.1, 0.15) is 0 Å². The fraction of sp³-hybridized carbons (Fsp3) is 0.333. The Hall–Kier alpha value is -5.38. The molecule has 3 rings (SSSR count). The number of aromatic hydroxyl groups is 3. The van der Waals surface area contributed by atoms with E-state index in [1.165, 1.54) is 75.8 Å². The Morgan fingerprint density at radius 1 is 0.535 bits per heavy atom. The van der Waals surface area contributed by atoms with Crippen molar-refractivity contribution in [2.24, 2.45) is 0 Å². The van der Waals surface area contributed by atoms with Crippen LogP contribution in [0.25, 0.3) is 0 Å². The summed E-state index contributed by atoms with van der Waals surface area (Å²) in [6.07, 6.45) is 3.93. The van der Waals surface area contributed by atoms with E-state index in [9.17, 15) is 44.1 Å². The van der Waals surface area contributed by atoms with Crippen LogP contribution in [-0.2, 0) is 14.4 Å². The molecule has 16 heteroatoms. The minimum atomic E-state index is -0.818. The topological polar surface area (TPSA) is 191 Å². The Kier molecular flexibility index (Phi) is 10.5. The van der Waals surface area contributed by atoms with Crippen LogP contribution >= 0.6 is 0 Å². The van der Waals surface area contributed by atoms with Gasteiger partial charge in [-0.15, -0.1) is 0 Å². The van der Waals surface area contributed by atoms with Crippen molar-refractivity contribution in [1.29, 1.82) is 0 Å². The quantitative estimate of drug-likeness (QED) is 0.220. The standard InChI is InChI=1S/C27H33N7O9/c1-19(35)29(32-10-4-7-22(38)25(32)41)16-13-28(14-17-30(20(2)36)33-11-5-8-23(39)26(33)42)15-18-31(21(3)37)34-12-6-9-24(40)27(34)43/h4-12,38-40H,13-18H2,1-3H3. The van der Waals surface area contributed by atoms with Crippen LogP contribution < -0.4 is 31.7 Å². The van der Waals surface area contributed by atoms with Gasteiger partial charge in [-0.2, -0.15) is 0 Å². The van der Waals surface area contributed by atoms with Gasteiger partial charge in [0.15, 0.2) is 17.2 Å². The van der Waals surface area contributed by atoms with Gasteiger partial charge in [-0.05, 0) is 36.4 Å². The van der Waals surface area contributed by atoms with Crippen LogP contribution in [-0.4, -0.2) is 91.2 Å². The minimum Gasteiger partial charge on any atom is -0.503 e. The molecular weight excluding hydrogens is 566 g/mol. The highest BCUT2D eigenvalue weighted by Crippen LogP contribution is 2.04. The minimum absolute atomic E-state index is 0.0724. The second kappa shape index (κ2) is 14.0.